The normalized spacial score (nSPS) is 11.1. The predicted molar refractivity (Wildman–Crippen MR) is 130 cm³/mol. The van der Waals surface area contributed by atoms with Crippen LogP contribution in [0.2, 0.25) is 5.02 Å². The van der Waals surface area contributed by atoms with Crippen molar-refractivity contribution in [3.05, 3.63) is 88.2 Å². The highest BCUT2D eigenvalue weighted by Gasteiger charge is 2.26. The van der Waals surface area contributed by atoms with E-state index in [1.54, 1.807) is 36.4 Å². The fourth-order valence-electron chi connectivity index (χ4n) is 3.27. The Balaban J connectivity index is 2.04. The first kappa shape index (κ1) is 25.3. The molecule has 0 aliphatic rings. The van der Waals surface area contributed by atoms with E-state index in [2.05, 4.69) is 5.32 Å². The number of carbonyl (C=O) groups is 1. The van der Waals surface area contributed by atoms with E-state index in [0.717, 1.165) is 10.6 Å². The first-order valence-electron chi connectivity index (χ1n) is 10.1. The van der Waals surface area contributed by atoms with Gasteiger partial charge in [0.25, 0.3) is 5.91 Å². The van der Waals surface area contributed by atoms with E-state index in [4.69, 9.17) is 21.1 Å². The van der Waals surface area contributed by atoms with Crippen molar-refractivity contribution < 1.29 is 27.1 Å². The van der Waals surface area contributed by atoms with E-state index >= 15 is 0 Å². The highest BCUT2D eigenvalue weighted by atomic mass is 35.5. The van der Waals surface area contributed by atoms with Crippen molar-refractivity contribution in [1.29, 1.82) is 0 Å². The van der Waals surface area contributed by atoms with Crippen LogP contribution < -0.4 is 19.1 Å². The second-order valence-corrected chi connectivity index (χ2v) is 9.77. The van der Waals surface area contributed by atoms with Crippen LogP contribution in [0.25, 0.3) is 0 Å². The minimum Gasteiger partial charge on any atom is -0.493 e. The van der Waals surface area contributed by atoms with Gasteiger partial charge in [-0.3, -0.25) is 9.10 Å². The van der Waals surface area contributed by atoms with Crippen molar-refractivity contribution in [2.75, 3.05) is 24.8 Å². The van der Waals surface area contributed by atoms with Crippen LogP contribution in [0.4, 0.5) is 10.1 Å². The summed E-state index contributed by atoms with van der Waals surface area (Å²) in [6.07, 6.45) is 1.06. The molecule has 34 heavy (non-hydrogen) atoms. The molecule has 0 heterocycles. The number of carbonyl (C=O) groups excluding carboxylic acids is 1. The lowest BCUT2D eigenvalue weighted by Crippen LogP contribution is -2.32. The van der Waals surface area contributed by atoms with Gasteiger partial charge in [-0.1, -0.05) is 35.9 Å². The van der Waals surface area contributed by atoms with Crippen LogP contribution in [0.5, 0.6) is 11.5 Å². The van der Waals surface area contributed by atoms with E-state index in [0.29, 0.717) is 16.1 Å². The topological polar surface area (TPSA) is 84.9 Å². The Labute approximate surface area is 203 Å². The maximum Gasteiger partial charge on any atom is 0.253 e. The molecule has 0 radical (unpaired) electrons. The Kier molecular flexibility index (Phi) is 8.01. The SMILES string of the molecule is COc1cc(C(=O)NCc2ccc(F)cc2)c(N(Cc2ccc(Cl)cc2)S(C)(=O)=O)cc1OC. The predicted octanol–water partition coefficient (Wildman–Crippen LogP) is 4.39. The third kappa shape index (κ3) is 6.18. The second-order valence-electron chi connectivity index (χ2n) is 7.43. The van der Waals surface area contributed by atoms with Crippen LogP contribution in [0.3, 0.4) is 0 Å². The molecule has 7 nitrogen and oxygen atoms in total. The molecular weight excluding hydrogens is 483 g/mol. The van der Waals surface area contributed by atoms with Crippen LogP contribution in [0, 0.1) is 5.82 Å². The van der Waals surface area contributed by atoms with Crippen LogP contribution in [0.1, 0.15) is 21.5 Å². The molecule has 0 atom stereocenters. The van der Waals surface area contributed by atoms with Gasteiger partial charge in [0.1, 0.15) is 5.82 Å². The number of benzene rings is 3. The van der Waals surface area contributed by atoms with Gasteiger partial charge in [-0.25, -0.2) is 12.8 Å². The lowest BCUT2D eigenvalue weighted by atomic mass is 10.1. The van der Waals surface area contributed by atoms with Crippen LogP contribution in [-0.4, -0.2) is 34.8 Å². The van der Waals surface area contributed by atoms with Crippen molar-refractivity contribution in [2.45, 2.75) is 13.1 Å². The lowest BCUT2D eigenvalue weighted by Gasteiger charge is -2.26. The molecule has 0 unspecified atom stereocenters. The number of nitrogens with one attached hydrogen (secondary N) is 1. The van der Waals surface area contributed by atoms with Crippen molar-refractivity contribution in [3.8, 4) is 11.5 Å². The number of ether oxygens (including phenoxy) is 2. The molecule has 0 saturated carbocycles. The zero-order valence-corrected chi connectivity index (χ0v) is 20.4. The molecule has 0 spiro atoms. The van der Waals surface area contributed by atoms with E-state index in [1.165, 1.54) is 38.5 Å². The highest BCUT2D eigenvalue weighted by molar-refractivity contribution is 7.92. The molecule has 3 aromatic rings. The summed E-state index contributed by atoms with van der Waals surface area (Å²) in [7, 11) is -0.983. The molecule has 10 heteroatoms. The minimum atomic E-state index is -3.82. The number of hydrogen-bond donors (Lipinski definition) is 1. The Hall–Kier alpha value is -3.30. The quantitative estimate of drug-likeness (QED) is 0.465. The minimum absolute atomic E-state index is 0.0380. The first-order chi connectivity index (χ1) is 16.1. The summed E-state index contributed by atoms with van der Waals surface area (Å²) in [4.78, 5) is 13.2. The number of hydrogen-bond acceptors (Lipinski definition) is 5. The molecule has 3 rings (SSSR count). The molecule has 0 bridgehead atoms. The summed E-state index contributed by atoms with van der Waals surface area (Å²) >= 11 is 5.95. The van der Waals surface area contributed by atoms with E-state index in [-0.39, 0.29) is 41.7 Å². The fraction of sp³-hybridized carbons (Fsp3) is 0.208. The number of anilines is 1. The first-order valence-corrected chi connectivity index (χ1v) is 12.4. The third-order valence-electron chi connectivity index (χ3n) is 5.02. The van der Waals surface area contributed by atoms with Gasteiger partial charge in [0.15, 0.2) is 11.5 Å². The van der Waals surface area contributed by atoms with Gasteiger partial charge in [0, 0.05) is 17.6 Å². The largest absolute Gasteiger partial charge is 0.493 e. The molecule has 0 saturated heterocycles. The van der Waals surface area contributed by atoms with Crippen molar-refractivity contribution >= 4 is 33.2 Å². The molecule has 180 valence electrons. The second kappa shape index (κ2) is 10.8. The number of sulfonamides is 1. The maximum absolute atomic E-state index is 13.2. The van der Waals surface area contributed by atoms with Gasteiger partial charge >= 0.3 is 0 Å². The van der Waals surface area contributed by atoms with Gasteiger partial charge in [0.05, 0.1) is 38.3 Å². The number of nitrogens with zero attached hydrogens (tertiary/aromatic N) is 1. The maximum atomic E-state index is 13.2. The van der Waals surface area contributed by atoms with Crippen LogP contribution in [0.15, 0.2) is 60.7 Å². The molecule has 0 aliphatic carbocycles. The van der Waals surface area contributed by atoms with Gasteiger partial charge < -0.3 is 14.8 Å². The van der Waals surface area contributed by atoms with Gasteiger partial charge in [0.2, 0.25) is 10.0 Å². The zero-order chi connectivity index (χ0) is 24.9. The molecular formula is C24H24ClFN2O5S. The summed E-state index contributed by atoms with van der Waals surface area (Å²) in [6.45, 7) is 0.0761. The van der Waals surface area contributed by atoms with Gasteiger partial charge in [-0.05, 0) is 41.5 Å². The summed E-state index contributed by atoms with van der Waals surface area (Å²) in [5.74, 6) is -0.399. The Bertz CT molecular complexity index is 1270. The van der Waals surface area contributed by atoms with E-state index in [1.807, 2.05) is 0 Å². The Morgan fingerprint density at radius 2 is 1.53 bits per heavy atom. The van der Waals surface area contributed by atoms with Gasteiger partial charge in [-0.2, -0.15) is 0 Å². The molecule has 1 amide bonds. The summed E-state index contributed by atoms with van der Waals surface area (Å²) in [5, 5.41) is 3.26. The molecule has 0 aliphatic heterocycles. The summed E-state index contributed by atoms with van der Waals surface area (Å²) < 4.78 is 50.6. The van der Waals surface area contributed by atoms with Crippen molar-refractivity contribution in [2.24, 2.45) is 0 Å². The summed E-state index contributed by atoms with van der Waals surface area (Å²) in [6, 6.07) is 15.3. The van der Waals surface area contributed by atoms with Crippen LogP contribution in [-0.2, 0) is 23.1 Å². The van der Waals surface area contributed by atoms with Gasteiger partial charge in [-0.15, -0.1) is 0 Å². The van der Waals surface area contributed by atoms with Crippen LogP contribution >= 0.6 is 11.6 Å². The third-order valence-corrected chi connectivity index (χ3v) is 6.40. The highest BCUT2D eigenvalue weighted by Crippen LogP contribution is 2.37. The number of methoxy groups -OCH3 is 2. The number of amides is 1. The smallest absolute Gasteiger partial charge is 0.253 e. The number of rotatable bonds is 9. The average Bonchev–Trinajstić information content (AvgIpc) is 2.81. The van der Waals surface area contributed by atoms with E-state index in [9.17, 15) is 17.6 Å². The fourth-order valence-corrected chi connectivity index (χ4v) is 4.29. The zero-order valence-electron chi connectivity index (χ0n) is 18.8. The molecule has 0 aromatic heterocycles. The van der Waals surface area contributed by atoms with E-state index < -0.39 is 15.9 Å². The standard InChI is InChI=1S/C24H24ClFN2O5S/c1-32-22-12-20(24(29)27-14-16-6-10-19(26)11-7-16)21(13-23(22)33-2)28(34(3,30)31)15-17-4-8-18(25)9-5-17/h4-13H,14-15H2,1-3H3,(H,27,29). The summed E-state index contributed by atoms with van der Waals surface area (Å²) in [5.41, 5.74) is 1.53. The average molecular weight is 507 g/mol. The van der Waals surface area contributed by atoms with Crippen molar-refractivity contribution in [1.82, 2.24) is 5.32 Å². The lowest BCUT2D eigenvalue weighted by molar-refractivity contribution is 0.0951. The Morgan fingerprint density at radius 1 is 0.971 bits per heavy atom. The molecule has 1 N–H and O–H groups in total. The molecule has 3 aromatic carbocycles. The molecule has 0 fully saturated rings. The van der Waals surface area contributed by atoms with Crippen molar-refractivity contribution in [3.63, 3.8) is 0 Å². The monoisotopic (exact) mass is 506 g/mol. The number of halogens is 2. The Morgan fingerprint density at radius 3 is 2.09 bits per heavy atom.